The summed E-state index contributed by atoms with van der Waals surface area (Å²) in [6.07, 6.45) is -3.04. The molecule has 2 nitrogen and oxygen atoms in total. The van der Waals surface area contributed by atoms with Crippen molar-refractivity contribution in [3.8, 4) is 0 Å². The van der Waals surface area contributed by atoms with Gasteiger partial charge in [-0.3, -0.25) is 0 Å². The van der Waals surface area contributed by atoms with Gasteiger partial charge in [0.1, 0.15) is 0 Å². The van der Waals surface area contributed by atoms with Gasteiger partial charge in [-0.1, -0.05) is 0 Å². The Balaban J connectivity index is 0.000000217. The van der Waals surface area contributed by atoms with Gasteiger partial charge in [-0.25, -0.2) is 0 Å². The normalized spacial score (nSPS) is 22.8. The average molecular weight is 247 g/mol. The number of hydrogen-bond acceptors (Lipinski definition) is 1. The summed E-state index contributed by atoms with van der Waals surface area (Å²) in [4.78, 5) is 10.6. The molecule has 1 aliphatic heterocycles. The Morgan fingerprint density at radius 3 is 2.08 bits per heavy atom. The third-order valence-corrected chi connectivity index (χ3v) is 1.94. The number of hydrogen-bond donors (Lipinski definition) is 1. The summed E-state index contributed by atoms with van der Waals surface area (Å²) in [7, 11) is 0. The molecule has 1 rings (SSSR count). The predicted molar refractivity (Wildman–Crippen MR) is 38.9 cm³/mol. The molecular formula is C6H9F3NOSe. The molecule has 1 N–H and O–H groups in total. The number of carbonyl (C=O) groups excluding carboxylic acids is 1. The van der Waals surface area contributed by atoms with Crippen molar-refractivity contribution in [3.63, 3.8) is 0 Å². The van der Waals surface area contributed by atoms with Gasteiger partial charge in [-0.2, -0.15) is 13.2 Å². The molecule has 0 spiro atoms. The molecule has 0 saturated carbocycles. The van der Waals surface area contributed by atoms with Gasteiger partial charge in [0, 0.05) is 6.92 Å². The Labute approximate surface area is 76.7 Å². The van der Waals surface area contributed by atoms with Gasteiger partial charge in [-0.15, -0.1) is 0 Å². The van der Waals surface area contributed by atoms with Crippen molar-refractivity contribution in [3.05, 3.63) is 0 Å². The van der Waals surface area contributed by atoms with E-state index in [1.165, 1.54) is 0 Å². The van der Waals surface area contributed by atoms with Crippen LogP contribution in [0.5, 0.6) is 0 Å². The monoisotopic (exact) mass is 248 g/mol. The van der Waals surface area contributed by atoms with Crippen molar-refractivity contribution in [1.29, 1.82) is 0 Å². The molecule has 71 valence electrons. The second-order valence-electron chi connectivity index (χ2n) is 2.35. The van der Waals surface area contributed by atoms with Crippen molar-refractivity contribution < 1.29 is 18.0 Å². The van der Waals surface area contributed by atoms with E-state index in [1.54, 1.807) is 0 Å². The van der Waals surface area contributed by atoms with Crippen LogP contribution in [0.25, 0.3) is 0 Å². The van der Waals surface area contributed by atoms with Crippen LogP contribution in [-0.2, 0) is 4.79 Å². The fourth-order valence-electron chi connectivity index (χ4n) is 0.571. The van der Waals surface area contributed by atoms with E-state index in [0.717, 1.165) is 13.0 Å². The fraction of sp³-hybridized carbons (Fsp3) is 0.833. The number of halogens is 3. The second kappa shape index (κ2) is 4.72. The van der Waals surface area contributed by atoms with E-state index in [0.29, 0.717) is 0 Å². The second-order valence-corrected chi connectivity index (χ2v) is 3.54. The van der Waals surface area contributed by atoms with E-state index in [4.69, 9.17) is 0 Å². The van der Waals surface area contributed by atoms with Gasteiger partial charge >= 0.3 is 56.0 Å². The zero-order valence-corrected chi connectivity index (χ0v) is 8.16. The zero-order chi connectivity index (χ0) is 9.78. The van der Waals surface area contributed by atoms with Crippen LogP contribution >= 0.6 is 0 Å². The van der Waals surface area contributed by atoms with Crippen molar-refractivity contribution in [1.82, 2.24) is 5.32 Å². The summed E-state index contributed by atoms with van der Waals surface area (Å²) in [5, 5.41) is 2.70. The summed E-state index contributed by atoms with van der Waals surface area (Å²) in [5.74, 6) is 0.153. The number of carbonyl (C=O) groups is 1. The number of rotatable bonds is 0. The summed E-state index contributed by atoms with van der Waals surface area (Å²) in [6, 6.07) is 0. The zero-order valence-electron chi connectivity index (χ0n) is 6.44. The third kappa shape index (κ3) is 7.88. The summed E-state index contributed by atoms with van der Waals surface area (Å²) in [6.45, 7) is 1.03. The number of alkyl halides is 3. The molecule has 1 saturated heterocycles. The average Bonchev–Trinajstić information content (AvgIpc) is 2.12. The van der Waals surface area contributed by atoms with Crippen LogP contribution in [0.2, 0.25) is 4.82 Å². The van der Waals surface area contributed by atoms with Gasteiger partial charge in [0.15, 0.2) is 0 Å². The Morgan fingerprint density at radius 2 is 2.00 bits per heavy atom. The molecule has 0 bridgehead atoms. The third-order valence-electron chi connectivity index (χ3n) is 0.998. The topological polar surface area (TPSA) is 29.1 Å². The summed E-state index contributed by atoms with van der Waals surface area (Å²) in [5.41, 5.74) is 0. The quantitative estimate of drug-likeness (QED) is 0.636. The maximum atomic E-state index is 10.4. The van der Waals surface area contributed by atoms with Crippen LogP contribution in [0.1, 0.15) is 13.3 Å². The Bertz CT molecular complexity index is 153. The molecule has 1 amide bonds. The molecule has 1 heterocycles. The van der Waals surface area contributed by atoms with E-state index in [9.17, 15) is 18.0 Å². The first kappa shape index (κ1) is 11.8. The van der Waals surface area contributed by atoms with E-state index in [1.807, 2.05) is 0 Å². The minimum atomic E-state index is -4.00. The van der Waals surface area contributed by atoms with Gasteiger partial charge < -0.3 is 0 Å². The Hall–Kier alpha value is -0.221. The van der Waals surface area contributed by atoms with Gasteiger partial charge in [0.2, 0.25) is 0 Å². The van der Waals surface area contributed by atoms with Crippen LogP contribution in [0, 0.1) is 0 Å². The van der Waals surface area contributed by atoms with Crippen LogP contribution in [0.15, 0.2) is 0 Å². The summed E-state index contributed by atoms with van der Waals surface area (Å²) >= 11 is 2.78. The fourth-order valence-corrected chi connectivity index (χ4v) is 0.993. The van der Waals surface area contributed by atoms with Gasteiger partial charge in [-0.05, 0) is 0 Å². The van der Waals surface area contributed by atoms with Crippen LogP contribution < -0.4 is 5.32 Å². The molecular weight excluding hydrogens is 238 g/mol. The Morgan fingerprint density at radius 1 is 1.58 bits per heavy atom. The van der Waals surface area contributed by atoms with Crippen LogP contribution in [0.4, 0.5) is 13.2 Å². The standard InChI is InChI=1S/C4H6NOSe.C2H3F3/c6-4-3(7)1-2-5-4;1-2(3,4)5/h3H,1-2H2,(H,5,6);1H3. The molecule has 0 aromatic heterocycles. The minimum absolute atomic E-state index is 0.139. The molecule has 1 fully saturated rings. The molecule has 0 aromatic rings. The molecule has 1 radical (unpaired) electrons. The first-order chi connectivity index (χ1) is 5.30. The van der Waals surface area contributed by atoms with Crippen LogP contribution in [-0.4, -0.2) is 34.6 Å². The van der Waals surface area contributed by atoms with E-state index in [-0.39, 0.29) is 17.6 Å². The maximum absolute atomic E-state index is 10.4. The van der Waals surface area contributed by atoms with E-state index >= 15 is 0 Å². The van der Waals surface area contributed by atoms with Crippen molar-refractivity contribution in [2.75, 3.05) is 6.54 Å². The molecule has 12 heavy (non-hydrogen) atoms. The first-order valence-corrected chi connectivity index (χ1v) is 4.30. The van der Waals surface area contributed by atoms with Crippen molar-refractivity contribution in [2.45, 2.75) is 24.3 Å². The molecule has 6 heteroatoms. The number of amides is 1. The van der Waals surface area contributed by atoms with Crippen LogP contribution in [0.3, 0.4) is 0 Å². The predicted octanol–water partition coefficient (Wildman–Crippen LogP) is 1.03. The molecule has 0 aromatic carbocycles. The molecule has 1 atom stereocenters. The molecule has 0 aliphatic carbocycles. The van der Waals surface area contributed by atoms with Gasteiger partial charge in [0.25, 0.3) is 0 Å². The molecule has 1 unspecified atom stereocenters. The Kier molecular flexibility index (Phi) is 4.63. The number of nitrogens with one attached hydrogen (secondary N) is 1. The first-order valence-electron chi connectivity index (χ1n) is 3.31. The van der Waals surface area contributed by atoms with E-state index < -0.39 is 6.18 Å². The van der Waals surface area contributed by atoms with Crippen molar-refractivity contribution >= 4 is 21.9 Å². The van der Waals surface area contributed by atoms with Gasteiger partial charge in [0.05, 0.1) is 0 Å². The van der Waals surface area contributed by atoms with E-state index in [2.05, 4.69) is 21.3 Å². The SMILES string of the molecule is CC(F)(F)F.O=C1NCCC1[Se]. The van der Waals surface area contributed by atoms with Crippen molar-refractivity contribution in [2.24, 2.45) is 0 Å². The molecule has 1 aliphatic rings. The summed E-state index contributed by atoms with van der Waals surface area (Å²) < 4.78 is 31.1.